The van der Waals surface area contributed by atoms with Crippen molar-refractivity contribution in [1.29, 1.82) is 0 Å². The summed E-state index contributed by atoms with van der Waals surface area (Å²) in [7, 11) is 1.74. The van der Waals surface area contributed by atoms with Gasteiger partial charge in [-0.1, -0.05) is 22.0 Å². The van der Waals surface area contributed by atoms with Crippen molar-refractivity contribution in [3.05, 3.63) is 68.7 Å². The highest BCUT2D eigenvalue weighted by molar-refractivity contribution is 9.10. The quantitative estimate of drug-likeness (QED) is 0.687. The highest BCUT2D eigenvalue weighted by Crippen LogP contribution is 2.61. The molecule has 0 saturated carbocycles. The SMILES string of the molecule is CN1OC2(N=C1N)c1cc(Br)ccc1CC21CCc2cc(F)c(F)cc2C1. The minimum Gasteiger partial charge on any atom is -0.368 e. The second-order valence-corrected chi connectivity index (χ2v) is 8.59. The first kappa shape index (κ1) is 17.1. The Kier molecular flexibility index (Phi) is 3.50. The van der Waals surface area contributed by atoms with Gasteiger partial charge in [-0.3, -0.25) is 0 Å². The van der Waals surface area contributed by atoms with Crippen LogP contribution in [0.5, 0.6) is 0 Å². The molecular formula is C20H18BrF2N3O. The smallest absolute Gasteiger partial charge is 0.221 e. The molecule has 3 aliphatic rings. The largest absolute Gasteiger partial charge is 0.368 e. The Bertz CT molecular complexity index is 1010. The molecule has 27 heavy (non-hydrogen) atoms. The van der Waals surface area contributed by atoms with Gasteiger partial charge in [-0.15, -0.1) is 0 Å². The zero-order valence-electron chi connectivity index (χ0n) is 14.7. The zero-order valence-corrected chi connectivity index (χ0v) is 16.3. The minimum atomic E-state index is -0.951. The molecule has 2 N–H and O–H groups in total. The molecule has 2 unspecified atom stereocenters. The normalized spacial score (nSPS) is 28.6. The number of nitrogens with zero attached hydrogens (tertiary/aromatic N) is 2. The van der Waals surface area contributed by atoms with Gasteiger partial charge < -0.3 is 5.73 Å². The fourth-order valence-corrected chi connectivity index (χ4v) is 5.26. The number of fused-ring (bicyclic) bond motifs is 4. The van der Waals surface area contributed by atoms with Gasteiger partial charge in [0.05, 0.1) is 0 Å². The molecule has 1 aliphatic heterocycles. The molecule has 0 fully saturated rings. The van der Waals surface area contributed by atoms with Gasteiger partial charge in [0.1, 0.15) is 0 Å². The lowest BCUT2D eigenvalue weighted by Crippen LogP contribution is -2.47. The van der Waals surface area contributed by atoms with E-state index in [1.807, 2.05) is 12.1 Å². The van der Waals surface area contributed by atoms with Crippen LogP contribution in [0.1, 0.15) is 28.7 Å². The number of halogens is 3. The number of rotatable bonds is 0. The molecule has 1 heterocycles. The number of guanidine groups is 1. The van der Waals surface area contributed by atoms with Crippen LogP contribution in [0.25, 0.3) is 0 Å². The van der Waals surface area contributed by atoms with Crippen molar-refractivity contribution in [1.82, 2.24) is 5.06 Å². The summed E-state index contributed by atoms with van der Waals surface area (Å²) in [5.74, 6) is -1.29. The van der Waals surface area contributed by atoms with Crippen LogP contribution in [0, 0.1) is 17.0 Å². The molecule has 0 aromatic heterocycles. The molecule has 7 heteroatoms. The van der Waals surface area contributed by atoms with Crippen molar-refractivity contribution in [2.24, 2.45) is 16.1 Å². The molecule has 2 atom stereocenters. The summed E-state index contributed by atoms with van der Waals surface area (Å²) < 4.78 is 28.5. The lowest BCUT2D eigenvalue weighted by Gasteiger charge is -2.44. The molecule has 4 nitrogen and oxygen atoms in total. The van der Waals surface area contributed by atoms with Crippen LogP contribution in [0.3, 0.4) is 0 Å². The Morgan fingerprint density at radius 1 is 1.11 bits per heavy atom. The summed E-state index contributed by atoms with van der Waals surface area (Å²) in [6.07, 6.45) is 2.70. The third-order valence-electron chi connectivity index (χ3n) is 6.19. The molecule has 2 aromatic rings. The first-order valence-electron chi connectivity index (χ1n) is 8.87. The maximum Gasteiger partial charge on any atom is 0.221 e. The van der Waals surface area contributed by atoms with Crippen LogP contribution in [0.15, 0.2) is 39.8 Å². The van der Waals surface area contributed by atoms with Gasteiger partial charge in [-0.05, 0) is 66.6 Å². The van der Waals surface area contributed by atoms with Gasteiger partial charge in [-0.2, -0.15) is 0 Å². The van der Waals surface area contributed by atoms with Gasteiger partial charge in [0.25, 0.3) is 0 Å². The van der Waals surface area contributed by atoms with Gasteiger partial charge in [-0.25, -0.2) is 23.7 Å². The number of nitrogens with two attached hydrogens (primary N) is 1. The number of hydroxylamine groups is 2. The predicted octanol–water partition coefficient (Wildman–Crippen LogP) is 3.80. The maximum atomic E-state index is 13.9. The molecule has 5 rings (SSSR count). The fourth-order valence-electron chi connectivity index (χ4n) is 4.90. The number of benzene rings is 2. The summed E-state index contributed by atoms with van der Waals surface area (Å²) in [6, 6.07) is 8.75. The highest BCUT2D eigenvalue weighted by atomic mass is 79.9. The molecule has 2 aromatic carbocycles. The van der Waals surface area contributed by atoms with Crippen LogP contribution in [0.2, 0.25) is 0 Å². The van der Waals surface area contributed by atoms with Crippen LogP contribution in [-0.2, 0) is 29.8 Å². The maximum absolute atomic E-state index is 13.9. The van der Waals surface area contributed by atoms with E-state index < -0.39 is 22.8 Å². The Labute approximate surface area is 164 Å². The Morgan fingerprint density at radius 2 is 1.81 bits per heavy atom. The van der Waals surface area contributed by atoms with E-state index in [2.05, 4.69) is 22.0 Å². The monoisotopic (exact) mass is 433 g/mol. The topological polar surface area (TPSA) is 50.8 Å². The summed E-state index contributed by atoms with van der Waals surface area (Å²) in [5.41, 5.74) is 8.54. The Hall–Kier alpha value is -1.99. The van der Waals surface area contributed by atoms with Gasteiger partial charge in [0.15, 0.2) is 11.6 Å². The second-order valence-electron chi connectivity index (χ2n) is 7.67. The van der Waals surface area contributed by atoms with Crippen LogP contribution in [-0.4, -0.2) is 18.1 Å². The van der Waals surface area contributed by atoms with E-state index in [9.17, 15) is 8.78 Å². The minimum absolute atomic E-state index is 0.318. The third kappa shape index (κ3) is 2.24. The molecule has 2 aliphatic carbocycles. The van der Waals surface area contributed by atoms with Crippen LogP contribution >= 0.6 is 15.9 Å². The van der Waals surface area contributed by atoms with Crippen molar-refractivity contribution < 1.29 is 13.6 Å². The number of hydrogen-bond donors (Lipinski definition) is 1. The van der Waals surface area contributed by atoms with Crippen LogP contribution < -0.4 is 5.73 Å². The number of aryl methyl sites for hydroxylation is 1. The summed E-state index contributed by atoms with van der Waals surface area (Å²) in [5, 5.41) is 1.50. The Morgan fingerprint density at radius 3 is 2.52 bits per heavy atom. The summed E-state index contributed by atoms with van der Waals surface area (Å²) in [6.45, 7) is 0. The van der Waals surface area contributed by atoms with E-state index in [0.29, 0.717) is 18.8 Å². The lowest BCUT2D eigenvalue weighted by molar-refractivity contribution is -0.224. The van der Waals surface area contributed by atoms with E-state index in [1.165, 1.54) is 17.2 Å². The molecule has 2 spiro atoms. The van der Waals surface area contributed by atoms with Crippen LogP contribution in [0.4, 0.5) is 8.78 Å². The number of hydrogen-bond acceptors (Lipinski definition) is 4. The highest BCUT2D eigenvalue weighted by Gasteiger charge is 2.63. The van der Waals surface area contributed by atoms with Crippen molar-refractivity contribution in [2.75, 3.05) is 7.05 Å². The first-order valence-corrected chi connectivity index (χ1v) is 9.67. The van der Waals surface area contributed by atoms with Gasteiger partial charge in [0.2, 0.25) is 11.7 Å². The second kappa shape index (κ2) is 5.52. The molecular weight excluding hydrogens is 416 g/mol. The summed E-state index contributed by atoms with van der Waals surface area (Å²) >= 11 is 3.54. The molecule has 0 radical (unpaired) electrons. The zero-order chi connectivity index (χ0) is 19.0. The van der Waals surface area contributed by atoms with Crippen molar-refractivity contribution in [3.8, 4) is 0 Å². The first-order chi connectivity index (χ1) is 12.8. The van der Waals surface area contributed by atoms with E-state index in [4.69, 9.17) is 15.6 Å². The van der Waals surface area contributed by atoms with E-state index in [0.717, 1.165) is 39.6 Å². The molecule has 140 valence electrons. The van der Waals surface area contributed by atoms with Crippen molar-refractivity contribution in [2.45, 2.75) is 31.4 Å². The lowest BCUT2D eigenvalue weighted by atomic mass is 9.65. The summed E-state index contributed by atoms with van der Waals surface area (Å²) in [4.78, 5) is 11.1. The average molecular weight is 434 g/mol. The third-order valence-corrected chi connectivity index (χ3v) is 6.69. The molecule has 0 amide bonds. The fraction of sp³-hybridized carbons (Fsp3) is 0.350. The predicted molar refractivity (Wildman–Crippen MR) is 101 cm³/mol. The van der Waals surface area contributed by atoms with Crippen molar-refractivity contribution >= 4 is 21.9 Å². The average Bonchev–Trinajstić information content (AvgIpc) is 3.05. The van der Waals surface area contributed by atoms with Gasteiger partial charge in [0, 0.05) is 22.5 Å². The van der Waals surface area contributed by atoms with E-state index in [-0.39, 0.29) is 0 Å². The Balaban J connectivity index is 1.69. The van der Waals surface area contributed by atoms with E-state index in [1.54, 1.807) is 7.05 Å². The van der Waals surface area contributed by atoms with Gasteiger partial charge >= 0.3 is 0 Å². The molecule has 0 saturated heterocycles. The van der Waals surface area contributed by atoms with Crippen molar-refractivity contribution in [3.63, 3.8) is 0 Å². The standard InChI is InChI=1S/C20H18BrF2N3O/c1-26-18(24)25-20(27-26)15-8-14(21)3-2-12(15)9-19(20)5-4-11-6-16(22)17(23)7-13(11)10-19/h2-3,6-8H,4-5,9-10H2,1H3,(H2,24,25). The van der Waals surface area contributed by atoms with E-state index >= 15 is 0 Å². The number of aliphatic imine (C=N–C) groups is 1. The molecule has 0 bridgehead atoms.